The Kier molecular flexibility index (Phi) is 4.09. The molecule has 6 nitrogen and oxygen atoms in total. The summed E-state index contributed by atoms with van der Waals surface area (Å²) in [6.45, 7) is 1.73. The van der Waals surface area contributed by atoms with Gasteiger partial charge in [-0.3, -0.25) is 10.1 Å². The van der Waals surface area contributed by atoms with Crippen LogP contribution in [0, 0.1) is 17.0 Å². The highest BCUT2D eigenvalue weighted by Crippen LogP contribution is 2.35. The fourth-order valence-electron chi connectivity index (χ4n) is 1.81. The van der Waals surface area contributed by atoms with Crippen LogP contribution < -0.4 is 4.74 Å². The Hall–Kier alpha value is -2.60. The third kappa shape index (κ3) is 3.11. The second-order valence-electron chi connectivity index (χ2n) is 4.23. The largest absolute Gasteiger partial charge is 0.477 e. The zero-order valence-electron chi connectivity index (χ0n) is 10.9. The Morgan fingerprint density at radius 2 is 2.00 bits per heavy atom. The molecule has 0 radical (unpaired) electrons. The number of nitro groups is 1. The first-order valence-corrected chi connectivity index (χ1v) is 6.22. The lowest BCUT2D eigenvalue weighted by Gasteiger charge is -2.10. The average molecular weight is 308 g/mol. The number of hydrogen-bond donors (Lipinski definition) is 1. The molecule has 1 N–H and O–H groups in total. The number of carbonyl (C=O) groups is 1. The smallest absolute Gasteiger partial charge is 0.342 e. The van der Waals surface area contributed by atoms with Crippen molar-refractivity contribution in [2.45, 2.75) is 6.92 Å². The van der Waals surface area contributed by atoms with Gasteiger partial charge in [0.1, 0.15) is 11.3 Å². The van der Waals surface area contributed by atoms with E-state index < -0.39 is 22.1 Å². The van der Waals surface area contributed by atoms with Crippen LogP contribution in [0.5, 0.6) is 11.5 Å². The van der Waals surface area contributed by atoms with Crippen LogP contribution in [0.15, 0.2) is 36.4 Å². The molecule has 0 spiro atoms. The van der Waals surface area contributed by atoms with E-state index in [9.17, 15) is 14.9 Å². The minimum atomic E-state index is -1.39. The Morgan fingerprint density at radius 1 is 1.29 bits per heavy atom. The van der Waals surface area contributed by atoms with Crippen molar-refractivity contribution < 1.29 is 19.6 Å². The molecule has 7 heteroatoms. The zero-order valence-corrected chi connectivity index (χ0v) is 11.6. The van der Waals surface area contributed by atoms with Crippen molar-refractivity contribution in [2.24, 2.45) is 0 Å². The number of nitro benzene ring substituents is 1. The summed E-state index contributed by atoms with van der Waals surface area (Å²) in [7, 11) is 0. The predicted octanol–water partition coefficient (Wildman–Crippen LogP) is 4.05. The van der Waals surface area contributed by atoms with Gasteiger partial charge >= 0.3 is 11.7 Å². The van der Waals surface area contributed by atoms with Gasteiger partial charge < -0.3 is 9.84 Å². The molecule has 108 valence electrons. The molecule has 0 amide bonds. The minimum Gasteiger partial charge on any atom is -0.477 e. The number of carboxylic acids is 1. The first-order valence-electron chi connectivity index (χ1n) is 5.85. The van der Waals surface area contributed by atoms with Crippen molar-refractivity contribution in [3.05, 3.63) is 62.7 Å². The van der Waals surface area contributed by atoms with Gasteiger partial charge in [0.05, 0.1) is 4.92 Å². The highest BCUT2D eigenvalue weighted by Gasteiger charge is 2.26. The molecule has 2 aromatic carbocycles. The van der Waals surface area contributed by atoms with Gasteiger partial charge in [0.15, 0.2) is 0 Å². The molecule has 0 aromatic heterocycles. The maximum absolute atomic E-state index is 11.1. The number of ether oxygens (including phenoxy) is 1. The average Bonchev–Trinajstić information content (AvgIpc) is 2.41. The van der Waals surface area contributed by atoms with Gasteiger partial charge in [0.2, 0.25) is 5.75 Å². The van der Waals surface area contributed by atoms with E-state index in [-0.39, 0.29) is 5.75 Å². The van der Waals surface area contributed by atoms with E-state index >= 15 is 0 Å². The van der Waals surface area contributed by atoms with Crippen molar-refractivity contribution in [2.75, 3.05) is 0 Å². The number of halogens is 1. The topological polar surface area (TPSA) is 89.7 Å². The SMILES string of the molecule is Cc1cc(Cl)ccc1Oc1cccc(C(=O)O)c1[N+](=O)[O-]. The zero-order chi connectivity index (χ0) is 15.6. The number of aromatic carboxylic acids is 1. The summed E-state index contributed by atoms with van der Waals surface area (Å²) >= 11 is 5.83. The molecule has 2 aromatic rings. The van der Waals surface area contributed by atoms with Crippen LogP contribution in [-0.4, -0.2) is 16.0 Å². The summed E-state index contributed by atoms with van der Waals surface area (Å²) < 4.78 is 5.48. The lowest BCUT2D eigenvalue weighted by Crippen LogP contribution is -2.04. The number of benzene rings is 2. The highest BCUT2D eigenvalue weighted by molar-refractivity contribution is 6.30. The number of carboxylic acid groups (broad SMARTS) is 1. The fraction of sp³-hybridized carbons (Fsp3) is 0.0714. The van der Waals surface area contributed by atoms with Gasteiger partial charge in [-0.15, -0.1) is 0 Å². The number of nitrogens with zero attached hydrogens (tertiary/aromatic N) is 1. The quantitative estimate of drug-likeness (QED) is 0.680. The van der Waals surface area contributed by atoms with Gasteiger partial charge in [0.25, 0.3) is 0 Å². The molecule has 0 heterocycles. The molecule has 0 saturated heterocycles. The second-order valence-corrected chi connectivity index (χ2v) is 4.66. The standard InChI is InChI=1S/C14H10ClNO5/c1-8-7-9(15)5-6-11(8)21-12-4-2-3-10(14(17)18)13(12)16(19)20/h2-7H,1H3,(H,17,18). The summed E-state index contributed by atoms with van der Waals surface area (Å²) in [5.41, 5.74) is -0.332. The van der Waals surface area contributed by atoms with Crippen LogP contribution in [0.3, 0.4) is 0 Å². The Morgan fingerprint density at radius 3 is 2.57 bits per heavy atom. The van der Waals surface area contributed by atoms with E-state index in [0.717, 1.165) is 6.07 Å². The van der Waals surface area contributed by atoms with E-state index in [1.807, 2.05) is 0 Å². The highest BCUT2D eigenvalue weighted by atomic mass is 35.5. The minimum absolute atomic E-state index is 0.134. The maximum atomic E-state index is 11.1. The molecule has 21 heavy (non-hydrogen) atoms. The van der Waals surface area contributed by atoms with Crippen LogP contribution in [0.2, 0.25) is 5.02 Å². The molecule has 0 saturated carbocycles. The van der Waals surface area contributed by atoms with Crippen molar-refractivity contribution >= 4 is 23.3 Å². The van der Waals surface area contributed by atoms with Crippen LogP contribution in [-0.2, 0) is 0 Å². The number of aryl methyl sites for hydroxylation is 1. The van der Waals surface area contributed by atoms with Crippen molar-refractivity contribution in [3.63, 3.8) is 0 Å². The van der Waals surface area contributed by atoms with E-state index in [4.69, 9.17) is 21.4 Å². The van der Waals surface area contributed by atoms with E-state index in [1.54, 1.807) is 25.1 Å². The Bertz CT molecular complexity index is 729. The van der Waals surface area contributed by atoms with E-state index in [2.05, 4.69) is 0 Å². The van der Waals surface area contributed by atoms with Gasteiger partial charge in [-0.05, 0) is 42.8 Å². The second kappa shape index (κ2) is 5.80. The van der Waals surface area contributed by atoms with E-state index in [0.29, 0.717) is 16.3 Å². The lowest BCUT2D eigenvalue weighted by molar-refractivity contribution is -0.386. The predicted molar refractivity (Wildman–Crippen MR) is 76.3 cm³/mol. The van der Waals surface area contributed by atoms with Crippen LogP contribution in [0.4, 0.5) is 5.69 Å². The molecule has 0 bridgehead atoms. The number of rotatable bonds is 4. The molecular weight excluding hydrogens is 298 g/mol. The van der Waals surface area contributed by atoms with Gasteiger partial charge in [-0.2, -0.15) is 0 Å². The summed E-state index contributed by atoms with van der Waals surface area (Å²) in [6.07, 6.45) is 0. The molecule has 0 fully saturated rings. The van der Waals surface area contributed by atoms with Crippen molar-refractivity contribution in [3.8, 4) is 11.5 Å². The van der Waals surface area contributed by atoms with Crippen LogP contribution >= 0.6 is 11.6 Å². The lowest BCUT2D eigenvalue weighted by atomic mass is 10.1. The summed E-state index contributed by atoms with van der Waals surface area (Å²) in [5, 5.41) is 20.6. The summed E-state index contributed by atoms with van der Waals surface area (Å²) in [4.78, 5) is 21.4. The summed E-state index contributed by atoms with van der Waals surface area (Å²) in [5.74, 6) is -1.16. The molecule has 0 unspecified atom stereocenters. The number of para-hydroxylation sites is 1. The molecule has 0 aliphatic carbocycles. The molecule has 2 rings (SSSR count). The van der Waals surface area contributed by atoms with Gasteiger partial charge in [0, 0.05) is 5.02 Å². The normalized spacial score (nSPS) is 10.2. The van der Waals surface area contributed by atoms with Gasteiger partial charge in [-0.25, -0.2) is 4.79 Å². The third-order valence-electron chi connectivity index (χ3n) is 2.77. The maximum Gasteiger partial charge on any atom is 0.342 e. The van der Waals surface area contributed by atoms with Crippen LogP contribution in [0.25, 0.3) is 0 Å². The number of hydrogen-bond acceptors (Lipinski definition) is 4. The fourth-order valence-corrected chi connectivity index (χ4v) is 2.04. The third-order valence-corrected chi connectivity index (χ3v) is 3.00. The first kappa shape index (κ1) is 14.8. The van der Waals surface area contributed by atoms with Crippen molar-refractivity contribution in [1.29, 1.82) is 0 Å². The monoisotopic (exact) mass is 307 g/mol. The van der Waals surface area contributed by atoms with Crippen molar-refractivity contribution in [1.82, 2.24) is 0 Å². The molecule has 0 aliphatic rings. The molecular formula is C14H10ClNO5. The van der Waals surface area contributed by atoms with E-state index in [1.165, 1.54) is 12.1 Å². The first-order chi connectivity index (χ1) is 9.90. The molecule has 0 aliphatic heterocycles. The van der Waals surface area contributed by atoms with Crippen LogP contribution in [0.1, 0.15) is 15.9 Å². The molecule has 0 atom stereocenters. The summed E-state index contributed by atoms with van der Waals surface area (Å²) in [6, 6.07) is 8.67. The Labute approximate surface area is 124 Å². The Balaban J connectivity index is 2.51. The van der Waals surface area contributed by atoms with Gasteiger partial charge in [-0.1, -0.05) is 17.7 Å².